The Balaban J connectivity index is 1.89. The summed E-state index contributed by atoms with van der Waals surface area (Å²) in [5.41, 5.74) is 4.56. The topological polar surface area (TPSA) is 306 Å². The summed E-state index contributed by atoms with van der Waals surface area (Å²) in [5.74, 6) is -1.56. The van der Waals surface area contributed by atoms with E-state index < -0.39 is 95.9 Å². The molecule has 2 rings (SSSR count). The second kappa shape index (κ2) is 40.3. The van der Waals surface area contributed by atoms with Crippen LogP contribution in [0.15, 0.2) is 139 Å². The van der Waals surface area contributed by atoms with Crippen molar-refractivity contribution < 1.29 is 76.5 Å². The largest absolute Gasteiger partial charge is 0.481 e. The minimum Gasteiger partial charge on any atom is -0.462 e. The predicted molar refractivity (Wildman–Crippen MR) is 291 cm³/mol. The predicted octanol–water partition coefficient (Wildman–Crippen LogP) is 8.72. The molecule has 1 aliphatic rings. The highest BCUT2D eigenvalue weighted by atomic mass is 31.3. The van der Waals surface area contributed by atoms with Gasteiger partial charge in [0.1, 0.15) is 30.7 Å². The number of nitrogens with two attached hydrogens (primary N) is 1. The maximum Gasteiger partial charge on any atom is 0.481 e. The first-order valence-electron chi connectivity index (χ1n) is 25.8. The monoisotopic (exact) mass is 1110 g/mol. The molecule has 0 amide bonds. The van der Waals surface area contributed by atoms with Crippen LogP contribution in [0.25, 0.3) is 0 Å². The molecule has 0 spiro atoms. The number of esters is 2. The third kappa shape index (κ3) is 32.6. The number of nitrogen functional groups attached to an aromatic ring is 1. The van der Waals surface area contributed by atoms with E-state index >= 15 is 0 Å². The lowest BCUT2D eigenvalue weighted by molar-refractivity contribution is -0.161. The summed E-state index contributed by atoms with van der Waals surface area (Å²) in [6, 6.07) is 1.23. The molecule has 0 aliphatic carbocycles. The summed E-state index contributed by atoms with van der Waals surface area (Å²) < 4.78 is 56.6. The summed E-state index contributed by atoms with van der Waals surface area (Å²) in [4.78, 5) is 61.9. The van der Waals surface area contributed by atoms with Crippen molar-refractivity contribution in [2.45, 2.75) is 159 Å². The number of allylic oxidation sites excluding steroid dienone is 16. The second-order valence-corrected chi connectivity index (χ2v) is 20.4. The van der Waals surface area contributed by atoms with Crippen LogP contribution in [0.2, 0.25) is 0 Å². The maximum absolute atomic E-state index is 12.9. The molecule has 0 radical (unpaired) electrons. The number of phosphoric acid groups is 2. The lowest BCUT2D eigenvalue weighted by Gasteiger charge is -2.21. The smallest absolute Gasteiger partial charge is 0.462 e. The van der Waals surface area contributed by atoms with Crippen molar-refractivity contribution in [1.82, 2.24) is 9.55 Å². The molecule has 9 atom stereocenters. The molecule has 1 aromatic rings. The summed E-state index contributed by atoms with van der Waals surface area (Å²) in [6.07, 6.45) is 40.7. The van der Waals surface area contributed by atoms with Gasteiger partial charge in [-0.3, -0.25) is 23.2 Å². The van der Waals surface area contributed by atoms with E-state index in [0.29, 0.717) is 38.5 Å². The summed E-state index contributed by atoms with van der Waals surface area (Å²) in [7, 11) is -11.0. The van der Waals surface area contributed by atoms with Gasteiger partial charge in [-0.25, -0.2) is 13.9 Å². The van der Waals surface area contributed by atoms with Crippen LogP contribution in [-0.4, -0.2) is 108 Å². The molecular weight excluding hydrogens is 1020 g/mol. The molecule has 76 heavy (non-hydrogen) atoms. The lowest BCUT2D eigenvalue weighted by Crippen LogP contribution is -2.36. The Morgan fingerprint density at radius 1 is 0.711 bits per heavy atom. The highest BCUT2D eigenvalue weighted by Gasteiger charge is 2.46. The molecule has 20 nitrogen and oxygen atoms in total. The molecule has 1 fully saturated rings. The summed E-state index contributed by atoms with van der Waals surface area (Å²) in [6.45, 7) is 1.69. The van der Waals surface area contributed by atoms with Gasteiger partial charge in [0.15, 0.2) is 12.3 Å². The minimum atomic E-state index is -5.48. The van der Waals surface area contributed by atoms with Crippen molar-refractivity contribution in [3.63, 3.8) is 0 Å². The number of carbonyl (C=O) groups is 2. The number of carbonyl (C=O) groups excluding carboxylic acids is 2. The summed E-state index contributed by atoms with van der Waals surface area (Å²) >= 11 is 0. The number of hydrogen-bond acceptors (Lipinski definition) is 17. The first-order valence-corrected chi connectivity index (χ1v) is 28.8. The number of unbranched alkanes of at least 4 members (excludes halogenated alkanes) is 4. The fourth-order valence-electron chi connectivity index (χ4n) is 6.68. The third-order valence-corrected chi connectivity index (χ3v) is 13.3. The van der Waals surface area contributed by atoms with Crippen molar-refractivity contribution in [2.24, 2.45) is 0 Å². The number of aliphatic hydroxyl groups excluding tert-OH is 4. The molecule has 424 valence electrons. The number of rotatable bonds is 40. The average molecular weight is 1110 g/mol. The first-order chi connectivity index (χ1) is 36.5. The number of ether oxygens (including phenoxy) is 3. The Labute approximate surface area is 447 Å². The number of hydrogen-bond donors (Lipinski definition) is 7. The van der Waals surface area contributed by atoms with Crippen LogP contribution in [-0.2, 0) is 46.3 Å². The Kier molecular flexibility index (Phi) is 35.6. The SMILES string of the molecule is CC/C=C\C[C@@H](O)/C=C/C=C\C=C\[C@@H](O)C/C=C\C/C=C\CCC(=O)OC[C@H](COP(=O)(O)OP(=O)(O)OC[C@H]1O[C@@H](n2ccc(N)nc2=O)[C@H](O)[C@@H]1O)OC(=O)CCC/C=C\C/C=C\C/C=C\C/C=C\CCCCC. The van der Waals surface area contributed by atoms with Crippen molar-refractivity contribution in [3.05, 3.63) is 144 Å². The molecule has 1 aromatic heterocycles. The normalized spacial score (nSPS) is 20.5. The fourth-order valence-corrected chi connectivity index (χ4v) is 8.79. The zero-order valence-corrected chi connectivity index (χ0v) is 45.5. The Morgan fingerprint density at radius 3 is 1.86 bits per heavy atom. The molecule has 2 heterocycles. The van der Waals surface area contributed by atoms with Gasteiger partial charge in [-0.2, -0.15) is 9.29 Å². The number of anilines is 1. The van der Waals surface area contributed by atoms with Gasteiger partial charge in [-0.05, 0) is 83.1 Å². The highest BCUT2D eigenvalue weighted by Crippen LogP contribution is 2.60. The van der Waals surface area contributed by atoms with E-state index in [0.717, 1.165) is 36.4 Å². The van der Waals surface area contributed by atoms with E-state index in [1.54, 1.807) is 42.5 Å². The average Bonchev–Trinajstić information content (AvgIpc) is 3.65. The fraction of sp³-hybridized carbons (Fsp3) is 0.519. The Hall–Kier alpha value is -4.92. The third-order valence-electron chi connectivity index (χ3n) is 10.7. The van der Waals surface area contributed by atoms with Crippen molar-refractivity contribution in [1.29, 1.82) is 0 Å². The number of phosphoric ester groups is 2. The van der Waals surface area contributed by atoms with Gasteiger partial charge in [-0.1, -0.05) is 148 Å². The van der Waals surface area contributed by atoms with Crippen molar-refractivity contribution in [2.75, 3.05) is 25.6 Å². The van der Waals surface area contributed by atoms with Crippen molar-refractivity contribution >= 4 is 33.4 Å². The van der Waals surface area contributed by atoms with E-state index in [1.165, 1.54) is 25.3 Å². The molecule has 1 aliphatic heterocycles. The quantitative estimate of drug-likeness (QED) is 0.0106. The number of nitrogens with zero attached hydrogens (tertiary/aromatic N) is 2. The zero-order valence-electron chi connectivity index (χ0n) is 43.7. The van der Waals surface area contributed by atoms with Gasteiger partial charge in [-0.15, -0.1) is 0 Å². The van der Waals surface area contributed by atoms with Gasteiger partial charge in [0.05, 0.1) is 25.4 Å². The molecule has 22 heteroatoms. The molecule has 8 N–H and O–H groups in total. The van der Waals surface area contributed by atoms with Crippen molar-refractivity contribution in [3.8, 4) is 0 Å². The molecule has 0 saturated carbocycles. The molecule has 0 aromatic carbocycles. The molecule has 1 saturated heterocycles. The van der Waals surface area contributed by atoms with E-state index in [2.05, 4.69) is 46.6 Å². The van der Waals surface area contributed by atoms with Crippen LogP contribution in [0.5, 0.6) is 0 Å². The van der Waals surface area contributed by atoms with Gasteiger partial charge >= 0.3 is 33.3 Å². The number of aliphatic hydroxyl groups is 4. The zero-order chi connectivity index (χ0) is 55.9. The molecule has 0 bridgehead atoms. The second-order valence-electron chi connectivity index (χ2n) is 17.3. The van der Waals surface area contributed by atoms with Crippen LogP contribution >= 0.6 is 15.6 Å². The van der Waals surface area contributed by atoms with Crippen LogP contribution < -0.4 is 11.4 Å². The van der Waals surface area contributed by atoms with Gasteiger partial charge in [0.2, 0.25) is 0 Å². The van der Waals surface area contributed by atoms with E-state index in [-0.39, 0.29) is 25.1 Å². The van der Waals surface area contributed by atoms with E-state index in [4.69, 9.17) is 29.0 Å². The van der Waals surface area contributed by atoms with Crippen LogP contribution in [0, 0.1) is 0 Å². The minimum absolute atomic E-state index is 0.0716. The summed E-state index contributed by atoms with van der Waals surface area (Å²) in [5, 5.41) is 41.0. The van der Waals surface area contributed by atoms with Gasteiger partial charge in [0, 0.05) is 19.0 Å². The van der Waals surface area contributed by atoms with E-state index in [9.17, 15) is 53.7 Å². The Morgan fingerprint density at radius 2 is 1.26 bits per heavy atom. The highest BCUT2D eigenvalue weighted by molar-refractivity contribution is 7.61. The Bertz CT molecular complexity index is 2290. The molecular formula is C54H81N3O17P2. The number of aromatic nitrogens is 2. The first kappa shape index (κ1) is 67.2. The van der Waals surface area contributed by atoms with Crippen LogP contribution in [0.3, 0.4) is 0 Å². The van der Waals surface area contributed by atoms with Gasteiger partial charge in [0.25, 0.3) is 0 Å². The lowest BCUT2D eigenvalue weighted by atomic mass is 10.1. The maximum atomic E-state index is 12.9. The van der Waals surface area contributed by atoms with E-state index in [1.807, 2.05) is 55.5 Å². The van der Waals surface area contributed by atoms with Crippen LogP contribution in [0.1, 0.15) is 123 Å². The van der Waals surface area contributed by atoms with Crippen LogP contribution in [0.4, 0.5) is 5.82 Å². The standard InChI is InChI=1S/C54H81N3O17P2/c1-3-5-7-8-9-10-11-12-13-14-15-16-17-18-19-24-32-38-50(61)72-46(41-69-49(60)37-31-23-21-20-22-28-34-45(59)36-30-26-25-29-35-44(58)33-27-6-4-2)42-70-75(65,66)74-76(67,68)71-43-47-51(62)52(63)53(73-47)57-40-39-48(55)56-54(57)64/h6,9-10,12-13,15-16,18-19,21-23,25-30,35-36,39-40,44-47,51-53,58-59,62-63H,3-5,7-8,11,14,17,20,24,31-34,37-38,41-43H2,1-2H3,(H,65,66)(H,67,68)(H2,55,56,64)/b10-9-,13-12-,16-15-,19-18-,23-21-,26-25-,27-6-,28-22-,35-29+,36-30+/t44-,45+,46-,47-,51-,52-,53-/m1/s1. The van der Waals surface area contributed by atoms with Gasteiger partial charge < -0.3 is 50.2 Å². The molecule has 2 unspecified atom stereocenters.